The number of aliphatic hydroxyl groups excluding tert-OH is 2. The predicted octanol–water partition coefficient (Wildman–Crippen LogP) is 0.600. The quantitative estimate of drug-likeness (QED) is 0.689. The van der Waals surface area contributed by atoms with E-state index in [4.69, 9.17) is 15.1 Å². The average molecular weight is 229 g/mol. The zero-order chi connectivity index (χ0) is 12.9. The van der Waals surface area contributed by atoms with E-state index >= 15 is 0 Å². The molecule has 0 spiro atoms. The van der Waals surface area contributed by atoms with E-state index in [-0.39, 0.29) is 6.42 Å². The van der Waals surface area contributed by atoms with Crippen molar-refractivity contribution < 1.29 is 19.7 Å². The first-order chi connectivity index (χ1) is 7.17. The summed E-state index contributed by atoms with van der Waals surface area (Å²) in [6.07, 6.45) is -2.01. The molecule has 16 heavy (non-hydrogen) atoms. The Kier molecular flexibility index (Phi) is 5.42. The minimum Gasteiger partial charge on any atom is -0.459 e. The fraction of sp³-hybridized carbons (Fsp3) is 0.818. The molecule has 0 rings (SSSR count). The largest absolute Gasteiger partial charge is 0.459 e. The van der Waals surface area contributed by atoms with Crippen LogP contribution in [0.4, 0.5) is 0 Å². The monoisotopic (exact) mass is 229 g/mol. The fourth-order valence-electron chi connectivity index (χ4n) is 1.15. The molecule has 0 saturated heterocycles. The van der Waals surface area contributed by atoms with Gasteiger partial charge in [0.25, 0.3) is 0 Å². The maximum Gasteiger partial charge on any atom is 0.326 e. The summed E-state index contributed by atoms with van der Waals surface area (Å²) in [6, 6.07) is 1.69. The van der Waals surface area contributed by atoms with Crippen molar-refractivity contribution in [2.75, 3.05) is 0 Å². The van der Waals surface area contributed by atoms with Crippen LogP contribution in [0, 0.1) is 17.2 Å². The fourth-order valence-corrected chi connectivity index (χ4v) is 1.15. The van der Waals surface area contributed by atoms with Crippen LogP contribution in [0.3, 0.4) is 0 Å². The maximum atomic E-state index is 11.5. The zero-order valence-electron chi connectivity index (χ0n) is 10.1. The van der Waals surface area contributed by atoms with Crippen molar-refractivity contribution in [1.29, 1.82) is 5.26 Å². The van der Waals surface area contributed by atoms with Crippen LogP contribution >= 0.6 is 0 Å². The highest BCUT2D eigenvalue weighted by atomic mass is 16.6. The van der Waals surface area contributed by atoms with Crippen molar-refractivity contribution in [3.05, 3.63) is 0 Å². The molecule has 5 heteroatoms. The molecule has 0 saturated carbocycles. The molecule has 0 aliphatic heterocycles. The molecule has 0 aromatic rings. The highest BCUT2D eigenvalue weighted by Gasteiger charge is 2.31. The van der Waals surface area contributed by atoms with Crippen LogP contribution in [0.1, 0.15) is 34.1 Å². The Morgan fingerprint density at radius 3 is 2.25 bits per heavy atom. The molecule has 0 amide bonds. The van der Waals surface area contributed by atoms with Crippen molar-refractivity contribution in [3.8, 4) is 6.07 Å². The topological polar surface area (TPSA) is 90.5 Å². The first-order valence-electron chi connectivity index (χ1n) is 5.16. The lowest BCUT2D eigenvalue weighted by molar-refractivity contribution is -0.161. The summed E-state index contributed by atoms with van der Waals surface area (Å²) in [5.74, 6) is -2.02. The van der Waals surface area contributed by atoms with E-state index in [1.54, 1.807) is 26.8 Å². The normalized spacial score (nSPS) is 17.1. The van der Waals surface area contributed by atoms with Crippen LogP contribution in [-0.4, -0.2) is 34.0 Å². The number of nitriles is 1. The highest BCUT2D eigenvalue weighted by molar-refractivity contribution is 5.76. The van der Waals surface area contributed by atoms with E-state index in [0.717, 1.165) is 0 Å². The van der Waals surface area contributed by atoms with Gasteiger partial charge in [-0.05, 0) is 27.7 Å². The van der Waals surface area contributed by atoms with Crippen molar-refractivity contribution >= 4 is 5.97 Å². The second-order valence-electron chi connectivity index (χ2n) is 4.79. The minimum atomic E-state index is -1.26. The molecule has 0 heterocycles. The summed E-state index contributed by atoms with van der Waals surface area (Å²) in [4.78, 5) is 11.5. The van der Waals surface area contributed by atoms with Crippen LogP contribution in [0.25, 0.3) is 0 Å². The number of ether oxygens (including phenoxy) is 1. The second-order valence-corrected chi connectivity index (χ2v) is 4.79. The van der Waals surface area contributed by atoms with Crippen LogP contribution in [0.5, 0.6) is 0 Å². The first-order valence-corrected chi connectivity index (χ1v) is 5.16. The minimum absolute atomic E-state index is 0.0303. The Hall–Kier alpha value is -1.12. The van der Waals surface area contributed by atoms with Gasteiger partial charge in [0.2, 0.25) is 0 Å². The van der Waals surface area contributed by atoms with Gasteiger partial charge in [0.1, 0.15) is 5.60 Å². The van der Waals surface area contributed by atoms with Gasteiger partial charge in [0.05, 0.1) is 18.3 Å². The van der Waals surface area contributed by atoms with Crippen molar-refractivity contribution in [3.63, 3.8) is 0 Å². The molecule has 92 valence electrons. The van der Waals surface area contributed by atoms with Gasteiger partial charge in [-0.25, -0.2) is 0 Å². The number of carbonyl (C=O) groups excluding carboxylic acids is 1. The number of hydrogen-bond acceptors (Lipinski definition) is 5. The molecule has 0 bridgehead atoms. The SMILES string of the molecule is CC(O)CC(O)C(C#N)C(=O)OC(C)(C)C. The number of nitrogens with zero attached hydrogens (tertiary/aromatic N) is 1. The van der Waals surface area contributed by atoms with Gasteiger partial charge in [0.15, 0.2) is 5.92 Å². The summed E-state index contributed by atoms with van der Waals surface area (Å²) in [5.41, 5.74) is -0.698. The van der Waals surface area contributed by atoms with Gasteiger partial charge in [-0.2, -0.15) is 5.26 Å². The lowest BCUT2D eigenvalue weighted by Gasteiger charge is -2.23. The number of rotatable bonds is 4. The third kappa shape index (κ3) is 5.69. The van der Waals surface area contributed by atoms with Gasteiger partial charge in [0, 0.05) is 6.42 Å². The molecule has 5 nitrogen and oxygen atoms in total. The Labute approximate surface area is 95.6 Å². The zero-order valence-corrected chi connectivity index (χ0v) is 10.1. The predicted molar refractivity (Wildman–Crippen MR) is 57.3 cm³/mol. The van der Waals surface area contributed by atoms with E-state index in [1.165, 1.54) is 6.92 Å². The number of esters is 1. The molecule has 0 fully saturated rings. The van der Waals surface area contributed by atoms with E-state index in [0.29, 0.717) is 0 Å². The van der Waals surface area contributed by atoms with Gasteiger partial charge < -0.3 is 14.9 Å². The van der Waals surface area contributed by atoms with E-state index in [1.807, 2.05) is 0 Å². The Morgan fingerprint density at radius 1 is 1.44 bits per heavy atom. The van der Waals surface area contributed by atoms with Crippen molar-refractivity contribution in [2.24, 2.45) is 5.92 Å². The maximum absolute atomic E-state index is 11.5. The number of aliphatic hydroxyl groups is 2. The highest BCUT2D eigenvalue weighted by Crippen LogP contribution is 2.16. The summed E-state index contributed by atoms with van der Waals surface area (Å²) in [7, 11) is 0. The standard InChI is InChI=1S/C11H19NO4/c1-7(13)5-9(14)8(6-12)10(15)16-11(2,3)4/h7-9,13-14H,5H2,1-4H3. The summed E-state index contributed by atoms with van der Waals surface area (Å²) in [5, 5.41) is 27.4. The van der Waals surface area contributed by atoms with Gasteiger partial charge >= 0.3 is 5.97 Å². The number of carbonyl (C=O) groups is 1. The van der Waals surface area contributed by atoms with Crippen molar-refractivity contribution in [1.82, 2.24) is 0 Å². The van der Waals surface area contributed by atoms with Crippen molar-refractivity contribution in [2.45, 2.75) is 51.9 Å². The molecular formula is C11H19NO4. The molecule has 3 atom stereocenters. The van der Waals surface area contributed by atoms with Gasteiger partial charge in [-0.1, -0.05) is 0 Å². The van der Waals surface area contributed by atoms with Crippen LogP contribution in [0.2, 0.25) is 0 Å². The second kappa shape index (κ2) is 5.83. The Morgan fingerprint density at radius 2 is 1.94 bits per heavy atom. The van der Waals surface area contributed by atoms with Gasteiger partial charge in [-0.15, -0.1) is 0 Å². The third-order valence-electron chi connectivity index (χ3n) is 1.77. The molecule has 0 aromatic carbocycles. The first kappa shape index (κ1) is 14.9. The Bertz CT molecular complexity index is 275. The molecule has 0 aromatic heterocycles. The van der Waals surface area contributed by atoms with E-state index < -0.39 is 29.7 Å². The molecule has 0 aliphatic carbocycles. The lowest BCUT2D eigenvalue weighted by atomic mass is 9.99. The summed E-state index contributed by atoms with van der Waals surface area (Å²) < 4.78 is 4.99. The summed E-state index contributed by atoms with van der Waals surface area (Å²) in [6.45, 7) is 6.52. The van der Waals surface area contributed by atoms with E-state index in [2.05, 4.69) is 0 Å². The third-order valence-corrected chi connectivity index (χ3v) is 1.77. The average Bonchev–Trinajstić information content (AvgIpc) is 1.99. The van der Waals surface area contributed by atoms with Crippen LogP contribution < -0.4 is 0 Å². The summed E-state index contributed by atoms with van der Waals surface area (Å²) >= 11 is 0. The smallest absolute Gasteiger partial charge is 0.326 e. The van der Waals surface area contributed by atoms with Crippen LogP contribution in [-0.2, 0) is 9.53 Å². The molecule has 2 N–H and O–H groups in total. The van der Waals surface area contributed by atoms with Gasteiger partial charge in [-0.3, -0.25) is 4.79 Å². The lowest BCUT2D eigenvalue weighted by Crippen LogP contribution is -2.35. The molecule has 3 unspecified atom stereocenters. The molecule has 0 radical (unpaired) electrons. The van der Waals surface area contributed by atoms with E-state index in [9.17, 15) is 9.90 Å². The molecule has 0 aliphatic rings. The van der Waals surface area contributed by atoms with Crippen LogP contribution in [0.15, 0.2) is 0 Å². The molecular weight excluding hydrogens is 210 g/mol. The Balaban J connectivity index is 4.51. The number of hydrogen-bond donors (Lipinski definition) is 2.